The van der Waals surface area contributed by atoms with E-state index in [-0.39, 0.29) is 4.71 Å². The van der Waals surface area contributed by atoms with Crippen molar-refractivity contribution >= 4 is 25.3 Å². The summed E-state index contributed by atoms with van der Waals surface area (Å²) in [5.74, 6) is 0. The molecule has 0 atom stereocenters. The van der Waals surface area contributed by atoms with Gasteiger partial charge in [0.1, 0.15) is 0 Å². The minimum Gasteiger partial charge on any atom is -0.298 e. The summed E-state index contributed by atoms with van der Waals surface area (Å²) in [4.78, 5) is 0. The predicted octanol–water partition coefficient (Wildman–Crippen LogP) is 0.739. The zero-order chi connectivity index (χ0) is 4.99. The Morgan fingerprint density at radius 3 is 2.17 bits per heavy atom. The van der Waals surface area contributed by atoms with Crippen molar-refractivity contribution < 1.29 is 0 Å². The second kappa shape index (κ2) is 3.84. The number of hydrogen-bond acceptors (Lipinski definition) is 3. The van der Waals surface area contributed by atoms with Crippen molar-refractivity contribution in [2.24, 2.45) is 0 Å². The van der Waals surface area contributed by atoms with E-state index in [1.54, 1.807) is 0 Å². The zero-order valence-corrected chi connectivity index (χ0v) is 5.47. The van der Waals surface area contributed by atoms with Crippen molar-refractivity contribution in [3.8, 4) is 0 Å². The molecule has 6 heavy (non-hydrogen) atoms. The van der Waals surface area contributed by atoms with Gasteiger partial charge in [-0.2, -0.15) is 0 Å². The molecular weight excluding hydrogens is 114 g/mol. The molecule has 0 rings (SSSR count). The molecule has 0 aromatic rings. The Labute approximate surface area is 49.3 Å². The van der Waals surface area contributed by atoms with E-state index in [1.807, 2.05) is 6.92 Å². The number of rotatable bonds is 2. The molecule has 0 amide bonds. The van der Waals surface area contributed by atoms with Crippen LogP contribution in [-0.2, 0) is 0 Å². The first-order valence-electron chi connectivity index (χ1n) is 1.87. The van der Waals surface area contributed by atoms with Gasteiger partial charge in [-0.1, -0.05) is 6.92 Å². The van der Waals surface area contributed by atoms with E-state index in [1.165, 1.54) is 0 Å². The van der Waals surface area contributed by atoms with Crippen molar-refractivity contribution in [3.63, 3.8) is 0 Å². The van der Waals surface area contributed by atoms with Crippen LogP contribution in [0.4, 0.5) is 0 Å². The summed E-state index contributed by atoms with van der Waals surface area (Å²) in [6, 6.07) is 0. The Bertz CT molecular complexity index is 30.0. The van der Waals surface area contributed by atoms with Gasteiger partial charge in [0.15, 0.2) is 0 Å². The Morgan fingerprint density at radius 2 is 2.17 bits per heavy atom. The van der Waals surface area contributed by atoms with E-state index in [9.17, 15) is 0 Å². The molecule has 0 aliphatic carbocycles. The molecule has 1 N–H and O–H groups in total. The molecule has 3 heteroatoms. The molecule has 0 unspecified atom stereocenters. The zero-order valence-electron chi connectivity index (χ0n) is 3.68. The van der Waals surface area contributed by atoms with Crippen LogP contribution in [0.1, 0.15) is 6.92 Å². The fourth-order valence-electron chi connectivity index (χ4n) is 0.183. The molecular formula is C3H9NS2. The number of thiol groups is 2. The van der Waals surface area contributed by atoms with Crippen LogP contribution >= 0.6 is 25.3 Å². The van der Waals surface area contributed by atoms with E-state index >= 15 is 0 Å². The topological polar surface area (TPSA) is 12.0 Å². The van der Waals surface area contributed by atoms with Gasteiger partial charge < -0.3 is 0 Å². The molecule has 0 aromatic heterocycles. The minimum absolute atomic E-state index is 0.0370. The van der Waals surface area contributed by atoms with Gasteiger partial charge in [0.2, 0.25) is 0 Å². The minimum atomic E-state index is 0.0370. The van der Waals surface area contributed by atoms with Gasteiger partial charge in [0.05, 0.1) is 4.71 Å². The molecule has 0 aliphatic heterocycles. The summed E-state index contributed by atoms with van der Waals surface area (Å²) in [6.07, 6.45) is 0. The standard InChI is InChI=1S/C3H9NS2/c1-2-4-3(5)6/h3-6H,2H2,1H3. The Morgan fingerprint density at radius 1 is 1.67 bits per heavy atom. The highest BCUT2D eigenvalue weighted by molar-refractivity contribution is 7.99. The summed E-state index contributed by atoms with van der Waals surface area (Å²) in [5.41, 5.74) is 0. The third-order valence-electron chi connectivity index (χ3n) is 0.387. The lowest BCUT2D eigenvalue weighted by Gasteiger charge is -1.99. The highest BCUT2D eigenvalue weighted by Crippen LogP contribution is 1.90. The van der Waals surface area contributed by atoms with Crippen LogP contribution in [0.5, 0.6) is 0 Å². The van der Waals surface area contributed by atoms with Crippen LogP contribution < -0.4 is 5.32 Å². The first kappa shape index (κ1) is 6.66. The summed E-state index contributed by atoms with van der Waals surface area (Å²) in [7, 11) is 0. The van der Waals surface area contributed by atoms with Gasteiger partial charge in [0, 0.05) is 0 Å². The molecule has 0 bridgehead atoms. The molecule has 1 nitrogen and oxygen atoms in total. The van der Waals surface area contributed by atoms with Crippen molar-refractivity contribution in [2.45, 2.75) is 11.6 Å². The Kier molecular flexibility index (Phi) is 4.26. The fraction of sp³-hybridized carbons (Fsp3) is 1.00. The second-order valence-electron chi connectivity index (χ2n) is 0.931. The second-order valence-corrected chi connectivity index (χ2v) is 2.37. The largest absolute Gasteiger partial charge is 0.298 e. The van der Waals surface area contributed by atoms with E-state index < -0.39 is 0 Å². The fourth-order valence-corrected chi connectivity index (χ4v) is 0.548. The van der Waals surface area contributed by atoms with Gasteiger partial charge in [0.25, 0.3) is 0 Å². The SMILES string of the molecule is CCNC(S)S. The molecule has 0 saturated carbocycles. The quantitative estimate of drug-likeness (QED) is 0.363. The lowest BCUT2D eigenvalue weighted by Crippen LogP contribution is -2.16. The van der Waals surface area contributed by atoms with Gasteiger partial charge in [-0.15, -0.1) is 25.3 Å². The van der Waals surface area contributed by atoms with E-state index in [0.717, 1.165) is 6.54 Å². The van der Waals surface area contributed by atoms with Crippen LogP contribution in [0, 0.1) is 0 Å². The summed E-state index contributed by atoms with van der Waals surface area (Å²) in [6.45, 7) is 2.94. The summed E-state index contributed by atoms with van der Waals surface area (Å²) < 4.78 is 0.0370. The Balaban J connectivity index is 2.63. The number of hydrogen-bond donors (Lipinski definition) is 3. The molecule has 0 heterocycles. The lowest BCUT2D eigenvalue weighted by molar-refractivity contribution is 0.815. The van der Waals surface area contributed by atoms with Crippen molar-refractivity contribution in [2.75, 3.05) is 6.54 Å². The average molecular weight is 123 g/mol. The summed E-state index contributed by atoms with van der Waals surface area (Å²) >= 11 is 7.86. The van der Waals surface area contributed by atoms with Crippen LogP contribution in [0.25, 0.3) is 0 Å². The highest BCUT2D eigenvalue weighted by Gasteiger charge is 1.84. The molecule has 0 radical (unpaired) electrons. The van der Waals surface area contributed by atoms with E-state index in [2.05, 4.69) is 30.6 Å². The van der Waals surface area contributed by atoms with E-state index in [4.69, 9.17) is 0 Å². The van der Waals surface area contributed by atoms with Crippen molar-refractivity contribution in [1.29, 1.82) is 0 Å². The maximum absolute atomic E-state index is 3.93. The summed E-state index contributed by atoms with van der Waals surface area (Å²) in [5, 5.41) is 2.94. The first-order chi connectivity index (χ1) is 2.77. The Hall–Kier alpha value is 0.660. The predicted molar refractivity (Wildman–Crippen MR) is 35.4 cm³/mol. The smallest absolute Gasteiger partial charge is 0.0944 e. The van der Waals surface area contributed by atoms with Gasteiger partial charge in [-0.05, 0) is 6.54 Å². The normalized spacial score (nSPS) is 10.0. The molecule has 0 spiro atoms. The lowest BCUT2D eigenvalue weighted by atomic mass is 10.8. The molecule has 38 valence electrons. The van der Waals surface area contributed by atoms with Crippen LogP contribution in [0.3, 0.4) is 0 Å². The monoisotopic (exact) mass is 123 g/mol. The maximum atomic E-state index is 3.93. The van der Waals surface area contributed by atoms with Crippen LogP contribution in [-0.4, -0.2) is 11.3 Å². The molecule has 0 fully saturated rings. The van der Waals surface area contributed by atoms with Crippen molar-refractivity contribution in [1.82, 2.24) is 5.32 Å². The molecule has 0 aliphatic rings. The van der Waals surface area contributed by atoms with Gasteiger partial charge in [-0.3, -0.25) is 5.32 Å². The van der Waals surface area contributed by atoms with Crippen LogP contribution in [0.2, 0.25) is 0 Å². The average Bonchev–Trinajstić information content (AvgIpc) is 1.35. The van der Waals surface area contributed by atoms with Crippen molar-refractivity contribution in [3.05, 3.63) is 0 Å². The van der Waals surface area contributed by atoms with E-state index in [0.29, 0.717) is 0 Å². The number of nitrogens with one attached hydrogen (secondary N) is 1. The highest BCUT2D eigenvalue weighted by atomic mass is 32.2. The van der Waals surface area contributed by atoms with Gasteiger partial charge >= 0.3 is 0 Å². The first-order valence-corrected chi connectivity index (χ1v) is 2.90. The molecule has 0 aromatic carbocycles. The molecule has 0 saturated heterocycles. The third kappa shape index (κ3) is 4.66. The van der Waals surface area contributed by atoms with Crippen LogP contribution in [0.15, 0.2) is 0 Å². The maximum Gasteiger partial charge on any atom is 0.0944 e. The van der Waals surface area contributed by atoms with Gasteiger partial charge in [-0.25, -0.2) is 0 Å². The third-order valence-corrected chi connectivity index (χ3v) is 0.752.